The highest BCUT2D eigenvalue weighted by Gasteiger charge is 2.59. The molecule has 0 bridgehead atoms. The van der Waals surface area contributed by atoms with Crippen LogP contribution in [0.5, 0.6) is 5.75 Å². The summed E-state index contributed by atoms with van der Waals surface area (Å²) in [5.74, 6) is 5.62. The van der Waals surface area contributed by atoms with E-state index in [0.717, 1.165) is 35.2 Å². The van der Waals surface area contributed by atoms with Crippen molar-refractivity contribution in [3.05, 3.63) is 89.5 Å². The Morgan fingerprint density at radius 2 is 1.20 bits per heavy atom. The van der Waals surface area contributed by atoms with Gasteiger partial charge in [0.15, 0.2) is 0 Å². The molecule has 0 aliphatic carbocycles. The SMILES string of the molecule is CCCCCc1ccc(C#Cc2ccc(-c3ccc(OC(F)(F)C(F)C(F)(F)F)cc3)cc2)cc1. The predicted octanol–water partition coefficient (Wildman–Crippen LogP) is 8.36. The first kappa shape index (κ1) is 26.2. The smallest absolute Gasteiger partial charge is 0.430 e. The molecule has 35 heavy (non-hydrogen) atoms. The molecule has 0 aliphatic rings. The van der Waals surface area contributed by atoms with Crippen molar-refractivity contribution in [1.82, 2.24) is 0 Å². The van der Waals surface area contributed by atoms with E-state index >= 15 is 0 Å². The van der Waals surface area contributed by atoms with Crippen LogP contribution in [0.1, 0.15) is 42.9 Å². The molecule has 0 amide bonds. The van der Waals surface area contributed by atoms with Gasteiger partial charge in [0.05, 0.1) is 0 Å². The molecule has 1 atom stereocenters. The van der Waals surface area contributed by atoms with Crippen molar-refractivity contribution in [2.45, 2.75) is 51.1 Å². The molecule has 1 unspecified atom stereocenters. The number of hydrogen-bond acceptors (Lipinski definition) is 1. The van der Waals surface area contributed by atoms with Gasteiger partial charge >= 0.3 is 12.3 Å². The van der Waals surface area contributed by atoms with Crippen LogP contribution >= 0.6 is 0 Å². The highest BCUT2D eigenvalue weighted by Crippen LogP contribution is 2.37. The highest BCUT2D eigenvalue weighted by molar-refractivity contribution is 5.65. The molecule has 0 heterocycles. The maximum atomic E-state index is 13.4. The van der Waals surface area contributed by atoms with Crippen LogP contribution in [-0.4, -0.2) is 18.5 Å². The molecule has 0 radical (unpaired) electrons. The molecule has 0 spiro atoms. The number of halogens is 6. The van der Waals surface area contributed by atoms with Gasteiger partial charge in [0.2, 0.25) is 0 Å². The number of hydrogen-bond donors (Lipinski definition) is 0. The molecule has 3 aromatic rings. The van der Waals surface area contributed by atoms with Crippen LogP contribution in [0.2, 0.25) is 0 Å². The summed E-state index contributed by atoms with van der Waals surface area (Å²) in [7, 11) is 0. The van der Waals surface area contributed by atoms with E-state index in [1.807, 2.05) is 12.1 Å². The maximum absolute atomic E-state index is 13.4. The fourth-order valence-electron chi connectivity index (χ4n) is 3.34. The Kier molecular flexibility index (Phi) is 8.50. The lowest BCUT2D eigenvalue weighted by Crippen LogP contribution is -2.45. The van der Waals surface area contributed by atoms with Gasteiger partial charge in [-0.05, 0) is 65.9 Å². The van der Waals surface area contributed by atoms with Crippen LogP contribution in [0.4, 0.5) is 26.3 Å². The molecule has 0 fully saturated rings. The summed E-state index contributed by atoms with van der Waals surface area (Å²) in [6.45, 7) is 2.18. The van der Waals surface area contributed by atoms with E-state index in [0.29, 0.717) is 5.56 Å². The summed E-state index contributed by atoms with van der Waals surface area (Å²) in [6.07, 6.45) is -10.6. The topological polar surface area (TPSA) is 9.23 Å². The Balaban J connectivity index is 1.62. The minimum atomic E-state index is -5.73. The minimum Gasteiger partial charge on any atom is -0.430 e. The van der Waals surface area contributed by atoms with Gasteiger partial charge in [0.25, 0.3) is 6.17 Å². The third-order valence-electron chi connectivity index (χ3n) is 5.28. The van der Waals surface area contributed by atoms with Crippen molar-refractivity contribution in [1.29, 1.82) is 0 Å². The van der Waals surface area contributed by atoms with E-state index in [1.165, 1.54) is 37.0 Å². The molecule has 0 N–H and O–H groups in total. The minimum absolute atomic E-state index is 0.579. The zero-order chi connectivity index (χ0) is 25.5. The molecule has 3 rings (SSSR count). The summed E-state index contributed by atoms with van der Waals surface area (Å²) < 4.78 is 80.5. The molecule has 1 nitrogen and oxygen atoms in total. The van der Waals surface area contributed by atoms with Crippen LogP contribution in [0.15, 0.2) is 72.8 Å². The Morgan fingerprint density at radius 3 is 1.69 bits per heavy atom. The van der Waals surface area contributed by atoms with E-state index in [1.54, 1.807) is 24.3 Å². The van der Waals surface area contributed by atoms with Gasteiger partial charge in [0, 0.05) is 11.1 Å². The molecule has 184 valence electrons. The summed E-state index contributed by atoms with van der Waals surface area (Å²) in [5, 5.41) is 0. The summed E-state index contributed by atoms with van der Waals surface area (Å²) in [4.78, 5) is 0. The lowest BCUT2D eigenvalue weighted by molar-refractivity contribution is -0.304. The summed E-state index contributed by atoms with van der Waals surface area (Å²) in [5.41, 5.74) is 4.33. The first-order valence-electron chi connectivity index (χ1n) is 11.2. The Bertz CT molecular complexity index is 1140. The Hall–Kier alpha value is -3.40. The zero-order valence-electron chi connectivity index (χ0n) is 19.0. The number of rotatable bonds is 8. The molecular formula is C28H24F6O. The predicted molar refractivity (Wildman–Crippen MR) is 124 cm³/mol. The normalized spacial score (nSPS) is 12.5. The average Bonchev–Trinajstić information content (AvgIpc) is 2.83. The van der Waals surface area contributed by atoms with E-state index in [2.05, 4.69) is 35.6 Å². The number of aryl methyl sites for hydroxylation is 1. The largest absolute Gasteiger partial charge is 0.439 e. The fourth-order valence-corrected chi connectivity index (χ4v) is 3.34. The molecule has 0 aromatic heterocycles. The van der Waals surface area contributed by atoms with Crippen LogP contribution < -0.4 is 4.74 Å². The summed E-state index contributed by atoms with van der Waals surface area (Å²) >= 11 is 0. The molecule has 0 saturated heterocycles. The van der Waals surface area contributed by atoms with E-state index in [4.69, 9.17) is 0 Å². The van der Waals surface area contributed by atoms with Crippen molar-refractivity contribution in [2.75, 3.05) is 0 Å². The van der Waals surface area contributed by atoms with Crippen molar-refractivity contribution >= 4 is 0 Å². The number of benzene rings is 3. The number of unbranched alkanes of at least 4 members (excludes halogenated alkanes) is 2. The van der Waals surface area contributed by atoms with Gasteiger partial charge in [-0.25, -0.2) is 4.39 Å². The number of ether oxygens (including phenoxy) is 1. The molecule has 0 aliphatic heterocycles. The van der Waals surface area contributed by atoms with Crippen LogP contribution in [-0.2, 0) is 6.42 Å². The Morgan fingerprint density at radius 1 is 0.714 bits per heavy atom. The van der Waals surface area contributed by atoms with Crippen molar-refractivity contribution in [3.63, 3.8) is 0 Å². The van der Waals surface area contributed by atoms with Gasteiger partial charge < -0.3 is 4.74 Å². The van der Waals surface area contributed by atoms with Crippen LogP contribution in [0, 0.1) is 11.8 Å². The van der Waals surface area contributed by atoms with E-state index < -0.39 is 24.2 Å². The van der Waals surface area contributed by atoms with Gasteiger partial charge in [-0.3, -0.25) is 0 Å². The first-order valence-corrected chi connectivity index (χ1v) is 11.2. The maximum Gasteiger partial charge on any atom is 0.439 e. The molecule has 3 aromatic carbocycles. The monoisotopic (exact) mass is 490 g/mol. The van der Waals surface area contributed by atoms with Gasteiger partial charge in [-0.2, -0.15) is 22.0 Å². The fraction of sp³-hybridized carbons (Fsp3) is 0.286. The van der Waals surface area contributed by atoms with Crippen molar-refractivity contribution < 1.29 is 31.1 Å². The molecule has 0 saturated carbocycles. The number of alkyl halides is 6. The van der Waals surface area contributed by atoms with Crippen LogP contribution in [0.25, 0.3) is 11.1 Å². The van der Waals surface area contributed by atoms with Gasteiger partial charge in [-0.15, -0.1) is 0 Å². The van der Waals surface area contributed by atoms with Gasteiger partial charge in [-0.1, -0.05) is 68.0 Å². The average molecular weight is 490 g/mol. The molecular weight excluding hydrogens is 466 g/mol. The van der Waals surface area contributed by atoms with Gasteiger partial charge in [0.1, 0.15) is 5.75 Å². The second kappa shape index (κ2) is 11.4. The standard InChI is InChI=1S/C28H24F6O/c1-2-3-4-5-20-6-8-21(9-7-20)10-11-22-12-14-23(15-13-22)24-16-18-25(19-17-24)35-28(33,34)26(29)27(30,31)32/h6-9,12-19,26H,2-5H2,1H3. The Labute approximate surface area is 200 Å². The lowest BCUT2D eigenvalue weighted by Gasteiger charge is -2.23. The second-order valence-electron chi connectivity index (χ2n) is 8.07. The molecule has 7 heteroatoms. The quantitative estimate of drug-likeness (QED) is 0.175. The third-order valence-corrected chi connectivity index (χ3v) is 5.28. The van der Waals surface area contributed by atoms with Crippen molar-refractivity contribution in [2.24, 2.45) is 0 Å². The summed E-state index contributed by atoms with van der Waals surface area (Å²) in [6, 6.07) is 20.3. The zero-order valence-corrected chi connectivity index (χ0v) is 19.0. The lowest BCUT2D eigenvalue weighted by atomic mass is 10.0. The second-order valence-corrected chi connectivity index (χ2v) is 8.07. The third kappa shape index (κ3) is 7.54. The van der Waals surface area contributed by atoms with E-state index in [9.17, 15) is 26.3 Å². The van der Waals surface area contributed by atoms with Crippen molar-refractivity contribution in [3.8, 4) is 28.7 Å². The van der Waals surface area contributed by atoms with Crippen LogP contribution in [0.3, 0.4) is 0 Å². The highest BCUT2D eigenvalue weighted by atomic mass is 19.4. The van der Waals surface area contributed by atoms with E-state index in [-0.39, 0.29) is 0 Å². The first-order chi connectivity index (χ1) is 16.6.